The second kappa shape index (κ2) is 6.91. The Morgan fingerprint density at radius 3 is 2.61 bits per heavy atom. The lowest BCUT2D eigenvalue weighted by Crippen LogP contribution is -2.14. The number of primary sulfonamides is 1. The summed E-state index contributed by atoms with van der Waals surface area (Å²) in [5.74, 6) is -0.727. The van der Waals surface area contributed by atoms with Crippen molar-refractivity contribution >= 4 is 31.9 Å². The maximum atomic E-state index is 12.1. The predicted octanol–water partition coefficient (Wildman–Crippen LogP) is 2.33. The molecule has 0 heterocycles. The molecule has 118 valence electrons. The summed E-state index contributed by atoms with van der Waals surface area (Å²) in [6.45, 7) is -0.103. The summed E-state index contributed by atoms with van der Waals surface area (Å²) in [4.78, 5) is 12.0. The van der Waals surface area contributed by atoms with Crippen LogP contribution in [0.5, 0.6) is 0 Å². The minimum absolute atomic E-state index is 0.0333. The lowest BCUT2D eigenvalue weighted by atomic mass is 10.1. The second-order valence-electron chi connectivity index (χ2n) is 4.53. The van der Waals surface area contributed by atoms with Gasteiger partial charge in [-0.25, -0.2) is 18.4 Å². The maximum absolute atomic E-state index is 12.1. The fourth-order valence-electron chi connectivity index (χ4n) is 1.81. The third-order valence-electron chi connectivity index (χ3n) is 2.98. The van der Waals surface area contributed by atoms with E-state index in [0.29, 0.717) is 15.6 Å². The van der Waals surface area contributed by atoms with Crippen LogP contribution in [0.2, 0.25) is 0 Å². The lowest BCUT2D eigenvalue weighted by molar-refractivity contribution is 0.0471. The number of esters is 1. The number of rotatable bonds is 4. The molecule has 23 heavy (non-hydrogen) atoms. The molecule has 8 heteroatoms. The predicted molar refractivity (Wildman–Crippen MR) is 85.8 cm³/mol. The maximum Gasteiger partial charge on any atom is 0.339 e. The molecule has 0 aromatic heterocycles. The first-order valence-corrected chi connectivity index (χ1v) is 8.64. The van der Waals surface area contributed by atoms with E-state index >= 15 is 0 Å². The largest absolute Gasteiger partial charge is 0.457 e. The molecule has 0 saturated carbocycles. The topological polar surface area (TPSA) is 110 Å². The summed E-state index contributed by atoms with van der Waals surface area (Å²) in [5, 5.41) is 14.0. The number of hydrogen-bond acceptors (Lipinski definition) is 5. The Morgan fingerprint density at radius 2 is 1.96 bits per heavy atom. The lowest BCUT2D eigenvalue weighted by Gasteiger charge is -2.09. The molecule has 0 radical (unpaired) electrons. The van der Waals surface area contributed by atoms with E-state index < -0.39 is 16.0 Å². The van der Waals surface area contributed by atoms with E-state index in [-0.39, 0.29) is 17.1 Å². The average Bonchev–Trinajstić information content (AvgIpc) is 2.52. The van der Waals surface area contributed by atoms with Crippen molar-refractivity contribution in [2.75, 3.05) is 0 Å². The van der Waals surface area contributed by atoms with Gasteiger partial charge >= 0.3 is 5.97 Å². The summed E-state index contributed by atoms with van der Waals surface area (Å²) in [6, 6.07) is 12.5. The first-order chi connectivity index (χ1) is 10.8. The molecular formula is C15H11BrN2O4S. The van der Waals surface area contributed by atoms with E-state index in [9.17, 15) is 13.2 Å². The molecule has 0 aliphatic heterocycles. The van der Waals surface area contributed by atoms with Gasteiger partial charge in [-0.1, -0.05) is 18.2 Å². The molecule has 0 bridgehead atoms. The number of hydrogen-bond donors (Lipinski definition) is 1. The number of carbonyl (C=O) groups excluding carboxylic acids is 1. The molecule has 0 aliphatic rings. The second-order valence-corrected chi connectivity index (χ2v) is 6.95. The summed E-state index contributed by atoms with van der Waals surface area (Å²) < 4.78 is 28.2. The molecule has 2 aromatic carbocycles. The molecule has 0 saturated heterocycles. The molecule has 0 fully saturated rings. The highest BCUT2D eigenvalue weighted by molar-refractivity contribution is 9.10. The third kappa shape index (κ3) is 4.16. The Balaban J connectivity index is 2.23. The molecule has 0 atom stereocenters. The van der Waals surface area contributed by atoms with E-state index in [1.54, 1.807) is 24.3 Å². The zero-order valence-electron chi connectivity index (χ0n) is 11.7. The van der Waals surface area contributed by atoms with Crippen molar-refractivity contribution < 1.29 is 17.9 Å². The summed E-state index contributed by atoms with van der Waals surface area (Å²) in [7, 11) is -3.93. The van der Waals surface area contributed by atoms with Gasteiger partial charge in [-0.05, 0) is 40.2 Å². The molecular weight excluding hydrogens is 384 g/mol. The normalized spacial score (nSPS) is 10.8. The van der Waals surface area contributed by atoms with Crippen LogP contribution in [0.1, 0.15) is 21.5 Å². The SMILES string of the molecule is N#Cc1ccccc1COC(=O)c1cc(S(N)(=O)=O)ccc1Br. The van der Waals surface area contributed by atoms with E-state index in [4.69, 9.17) is 15.1 Å². The zero-order chi connectivity index (χ0) is 17.0. The number of nitriles is 1. The highest BCUT2D eigenvalue weighted by Crippen LogP contribution is 2.22. The van der Waals surface area contributed by atoms with Gasteiger partial charge in [0, 0.05) is 10.0 Å². The fourth-order valence-corrected chi connectivity index (χ4v) is 2.76. The monoisotopic (exact) mass is 394 g/mol. The zero-order valence-corrected chi connectivity index (χ0v) is 14.1. The number of sulfonamides is 1. The van der Waals surface area contributed by atoms with Gasteiger partial charge in [0.15, 0.2) is 0 Å². The standard InChI is InChI=1S/C15H11BrN2O4S/c16-14-6-5-12(23(18,20)21)7-13(14)15(19)22-9-11-4-2-1-3-10(11)8-17/h1-7H,9H2,(H2,18,20,21). The van der Waals surface area contributed by atoms with Crippen LogP contribution < -0.4 is 5.14 Å². The fraction of sp³-hybridized carbons (Fsp3) is 0.0667. The Kier molecular flexibility index (Phi) is 5.15. The van der Waals surface area contributed by atoms with E-state index in [1.165, 1.54) is 12.1 Å². The van der Waals surface area contributed by atoms with Gasteiger partial charge in [0.25, 0.3) is 0 Å². The number of halogens is 1. The first-order valence-electron chi connectivity index (χ1n) is 6.30. The van der Waals surface area contributed by atoms with Crippen molar-refractivity contribution in [1.82, 2.24) is 0 Å². The van der Waals surface area contributed by atoms with Gasteiger partial charge in [0.1, 0.15) is 6.61 Å². The summed E-state index contributed by atoms with van der Waals surface area (Å²) >= 11 is 3.16. The molecule has 2 N–H and O–H groups in total. The molecule has 0 spiro atoms. The molecule has 0 amide bonds. The Morgan fingerprint density at radius 1 is 1.26 bits per heavy atom. The van der Waals surface area contributed by atoms with Crippen LogP contribution in [-0.4, -0.2) is 14.4 Å². The van der Waals surface area contributed by atoms with Crippen molar-refractivity contribution in [1.29, 1.82) is 5.26 Å². The van der Waals surface area contributed by atoms with Crippen LogP contribution >= 0.6 is 15.9 Å². The minimum atomic E-state index is -3.93. The highest BCUT2D eigenvalue weighted by Gasteiger charge is 2.17. The number of ether oxygens (including phenoxy) is 1. The van der Waals surface area contributed by atoms with Crippen molar-refractivity contribution in [3.63, 3.8) is 0 Å². The van der Waals surface area contributed by atoms with Crippen LogP contribution in [0.15, 0.2) is 51.8 Å². The minimum Gasteiger partial charge on any atom is -0.457 e. The van der Waals surface area contributed by atoms with Crippen molar-refractivity contribution in [3.05, 3.63) is 63.6 Å². The van der Waals surface area contributed by atoms with E-state index in [0.717, 1.165) is 6.07 Å². The van der Waals surface area contributed by atoms with Crippen LogP contribution in [0.4, 0.5) is 0 Å². The number of nitrogens with zero attached hydrogens (tertiary/aromatic N) is 1. The van der Waals surface area contributed by atoms with Crippen LogP contribution in [0.25, 0.3) is 0 Å². The van der Waals surface area contributed by atoms with Crippen LogP contribution in [0.3, 0.4) is 0 Å². The Hall–Kier alpha value is -2.21. The van der Waals surface area contributed by atoms with Gasteiger partial charge in [-0.15, -0.1) is 0 Å². The average molecular weight is 395 g/mol. The van der Waals surface area contributed by atoms with Crippen molar-refractivity contribution in [3.8, 4) is 6.07 Å². The number of carbonyl (C=O) groups is 1. The first kappa shape index (κ1) is 17.1. The third-order valence-corrected chi connectivity index (χ3v) is 4.59. The highest BCUT2D eigenvalue weighted by atomic mass is 79.9. The smallest absolute Gasteiger partial charge is 0.339 e. The van der Waals surface area contributed by atoms with Gasteiger partial charge in [-0.2, -0.15) is 5.26 Å². The van der Waals surface area contributed by atoms with Crippen LogP contribution in [-0.2, 0) is 21.4 Å². The quantitative estimate of drug-likeness (QED) is 0.799. The van der Waals surface area contributed by atoms with Gasteiger partial charge in [-0.3, -0.25) is 0 Å². The Bertz CT molecular complexity index is 904. The van der Waals surface area contributed by atoms with Crippen molar-refractivity contribution in [2.45, 2.75) is 11.5 Å². The van der Waals surface area contributed by atoms with Crippen molar-refractivity contribution in [2.24, 2.45) is 5.14 Å². The summed E-state index contributed by atoms with van der Waals surface area (Å²) in [6.07, 6.45) is 0. The number of benzene rings is 2. The molecule has 0 aliphatic carbocycles. The molecule has 0 unspecified atom stereocenters. The molecule has 6 nitrogen and oxygen atoms in total. The van der Waals surface area contributed by atoms with E-state index in [2.05, 4.69) is 15.9 Å². The van der Waals surface area contributed by atoms with Gasteiger partial charge < -0.3 is 4.74 Å². The Labute approximate surface area is 141 Å². The van der Waals surface area contributed by atoms with Gasteiger partial charge in [0.2, 0.25) is 10.0 Å². The van der Waals surface area contributed by atoms with E-state index in [1.807, 2.05) is 6.07 Å². The molecule has 2 aromatic rings. The van der Waals surface area contributed by atoms with Crippen LogP contribution in [0, 0.1) is 11.3 Å². The molecule has 2 rings (SSSR count). The summed E-state index contributed by atoms with van der Waals surface area (Å²) in [5.41, 5.74) is 0.991. The van der Waals surface area contributed by atoms with Gasteiger partial charge in [0.05, 0.1) is 22.1 Å². The number of nitrogens with two attached hydrogens (primary N) is 1.